The second kappa shape index (κ2) is 7.09. The molecule has 0 saturated heterocycles. The van der Waals surface area contributed by atoms with E-state index in [0.29, 0.717) is 22.5 Å². The van der Waals surface area contributed by atoms with E-state index in [9.17, 15) is 9.59 Å². The maximum absolute atomic E-state index is 12.5. The Balaban J connectivity index is 1.53. The third-order valence-corrected chi connectivity index (χ3v) is 5.10. The molecule has 1 aliphatic heterocycles. The average molecular weight is 396 g/mol. The van der Waals surface area contributed by atoms with E-state index in [4.69, 9.17) is 11.6 Å². The van der Waals surface area contributed by atoms with Gasteiger partial charge in [0.25, 0.3) is 5.91 Å². The summed E-state index contributed by atoms with van der Waals surface area (Å²) in [6, 6.07) is 12.3. The van der Waals surface area contributed by atoms with Gasteiger partial charge in [-0.25, -0.2) is 4.68 Å². The molecule has 7 nitrogen and oxygen atoms in total. The van der Waals surface area contributed by atoms with Crippen molar-refractivity contribution in [3.8, 4) is 11.4 Å². The summed E-state index contributed by atoms with van der Waals surface area (Å²) in [5.74, 6) is 0.248. The first-order chi connectivity index (χ1) is 13.4. The minimum Gasteiger partial charge on any atom is -0.326 e. The first-order valence-corrected chi connectivity index (χ1v) is 9.19. The van der Waals surface area contributed by atoms with Crippen LogP contribution in [0, 0.1) is 13.8 Å². The van der Waals surface area contributed by atoms with Gasteiger partial charge in [-0.15, -0.1) is 5.10 Å². The summed E-state index contributed by atoms with van der Waals surface area (Å²) in [4.78, 5) is 29.2. The predicted molar refractivity (Wildman–Crippen MR) is 107 cm³/mol. The number of benzene rings is 2. The molecule has 1 atom stereocenters. The number of carbonyl (C=O) groups is 2. The Morgan fingerprint density at radius 1 is 1.21 bits per heavy atom. The molecule has 2 heterocycles. The molecule has 0 bridgehead atoms. The third-order valence-electron chi connectivity index (χ3n) is 4.69. The quantitative estimate of drug-likeness (QED) is 0.704. The van der Waals surface area contributed by atoms with Gasteiger partial charge in [0.05, 0.1) is 6.42 Å². The zero-order valence-electron chi connectivity index (χ0n) is 15.4. The van der Waals surface area contributed by atoms with E-state index < -0.39 is 6.04 Å². The lowest BCUT2D eigenvalue weighted by Gasteiger charge is -2.12. The first kappa shape index (κ1) is 18.2. The van der Waals surface area contributed by atoms with Crippen molar-refractivity contribution in [3.05, 3.63) is 58.6 Å². The van der Waals surface area contributed by atoms with Crippen LogP contribution in [0.4, 0.5) is 11.6 Å². The van der Waals surface area contributed by atoms with E-state index in [2.05, 4.69) is 20.7 Å². The lowest BCUT2D eigenvalue weighted by atomic mass is 10.1. The van der Waals surface area contributed by atoms with E-state index in [1.54, 1.807) is 18.2 Å². The largest absolute Gasteiger partial charge is 0.326 e. The van der Waals surface area contributed by atoms with Crippen LogP contribution in [0.3, 0.4) is 0 Å². The molecule has 0 unspecified atom stereocenters. The van der Waals surface area contributed by atoms with Crippen molar-refractivity contribution < 1.29 is 9.59 Å². The number of halogens is 1. The molecule has 4 rings (SSSR count). The number of carbonyl (C=O) groups excluding carboxylic acids is 2. The smallest absolute Gasteiger partial charge is 0.252 e. The molecule has 142 valence electrons. The molecule has 0 saturated carbocycles. The molecule has 2 amide bonds. The van der Waals surface area contributed by atoms with Gasteiger partial charge in [-0.3, -0.25) is 14.9 Å². The highest BCUT2D eigenvalue weighted by molar-refractivity contribution is 6.31. The van der Waals surface area contributed by atoms with E-state index in [1.807, 2.05) is 38.1 Å². The standard InChI is InChI=1S/C20H18ClN5O2/c1-11-6-8-13(9-7-11)18-23-20-24-19(28)16(26(20)25-18)10-17(27)22-15-5-3-4-14(21)12(15)2/h3-9,16H,10H2,1-2H3,(H,22,27)(H,23,24,25,28)/t16-/m1/s1. The van der Waals surface area contributed by atoms with Gasteiger partial charge in [-0.05, 0) is 31.5 Å². The molecule has 2 N–H and O–H groups in total. The maximum atomic E-state index is 12.5. The van der Waals surface area contributed by atoms with Gasteiger partial charge < -0.3 is 5.32 Å². The van der Waals surface area contributed by atoms with Crippen LogP contribution in [-0.2, 0) is 9.59 Å². The number of rotatable bonds is 4. The summed E-state index contributed by atoms with van der Waals surface area (Å²) in [6.45, 7) is 3.82. The van der Waals surface area contributed by atoms with E-state index >= 15 is 0 Å². The van der Waals surface area contributed by atoms with Crippen LogP contribution < -0.4 is 10.6 Å². The molecule has 0 aliphatic carbocycles. The van der Waals surface area contributed by atoms with Gasteiger partial charge >= 0.3 is 0 Å². The third kappa shape index (κ3) is 3.36. The molecule has 28 heavy (non-hydrogen) atoms. The molecule has 2 aromatic carbocycles. The maximum Gasteiger partial charge on any atom is 0.252 e. The number of nitrogens with one attached hydrogen (secondary N) is 2. The Kier molecular flexibility index (Phi) is 4.60. The van der Waals surface area contributed by atoms with E-state index in [0.717, 1.165) is 16.7 Å². The van der Waals surface area contributed by atoms with Crippen LogP contribution in [0.2, 0.25) is 5.02 Å². The topological polar surface area (TPSA) is 88.9 Å². The molecule has 1 aliphatic rings. The lowest BCUT2D eigenvalue weighted by molar-refractivity contribution is -0.123. The normalized spacial score (nSPS) is 15.2. The fraction of sp³-hybridized carbons (Fsp3) is 0.200. The van der Waals surface area contributed by atoms with Gasteiger partial charge in [0.15, 0.2) is 5.82 Å². The number of aromatic nitrogens is 3. The Morgan fingerprint density at radius 3 is 2.71 bits per heavy atom. The Bertz CT molecular complexity index is 1070. The summed E-state index contributed by atoms with van der Waals surface area (Å²) in [5, 5.41) is 10.5. The molecular weight excluding hydrogens is 378 g/mol. The number of hydrogen-bond donors (Lipinski definition) is 2. The number of hydrogen-bond acceptors (Lipinski definition) is 4. The zero-order valence-corrected chi connectivity index (χ0v) is 16.1. The van der Waals surface area contributed by atoms with Crippen molar-refractivity contribution in [2.75, 3.05) is 10.6 Å². The second-order valence-electron chi connectivity index (χ2n) is 6.74. The van der Waals surface area contributed by atoms with Crippen molar-refractivity contribution in [1.29, 1.82) is 0 Å². The summed E-state index contributed by atoms with van der Waals surface area (Å²) in [5.41, 5.74) is 3.38. The van der Waals surface area contributed by atoms with Crippen LogP contribution >= 0.6 is 11.6 Å². The van der Waals surface area contributed by atoms with Gasteiger partial charge in [0.1, 0.15) is 6.04 Å². The van der Waals surface area contributed by atoms with Crippen LogP contribution in [-0.4, -0.2) is 26.6 Å². The van der Waals surface area contributed by atoms with Gasteiger partial charge in [0, 0.05) is 16.3 Å². The molecule has 0 spiro atoms. The number of amides is 2. The number of aryl methyl sites for hydroxylation is 1. The van der Waals surface area contributed by atoms with Crippen LogP contribution in [0.1, 0.15) is 23.6 Å². The zero-order chi connectivity index (χ0) is 19.8. The fourth-order valence-electron chi connectivity index (χ4n) is 3.05. The number of anilines is 2. The Labute approximate surface area is 166 Å². The number of fused-ring (bicyclic) bond motifs is 1. The van der Waals surface area contributed by atoms with Crippen molar-refractivity contribution >= 4 is 35.1 Å². The molecule has 8 heteroatoms. The average Bonchev–Trinajstić information content (AvgIpc) is 3.18. The SMILES string of the molecule is Cc1ccc(-c2nc3n(n2)[C@H](CC(=O)Nc2cccc(Cl)c2C)C(=O)N3)cc1. The minimum atomic E-state index is -0.749. The summed E-state index contributed by atoms with van der Waals surface area (Å²) in [7, 11) is 0. The summed E-state index contributed by atoms with van der Waals surface area (Å²) >= 11 is 6.09. The van der Waals surface area contributed by atoms with E-state index in [-0.39, 0.29) is 18.2 Å². The molecule has 0 fully saturated rings. The van der Waals surface area contributed by atoms with E-state index in [1.165, 1.54) is 4.68 Å². The highest BCUT2D eigenvalue weighted by Crippen LogP contribution is 2.29. The van der Waals surface area contributed by atoms with Crippen molar-refractivity contribution in [1.82, 2.24) is 14.8 Å². The minimum absolute atomic E-state index is 0.0541. The van der Waals surface area contributed by atoms with Crippen molar-refractivity contribution in [3.63, 3.8) is 0 Å². The van der Waals surface area contributed by atoms with Crippen molar-refractivity contribution in [2.24, 2.45) is 0 Å². The van der Waals surface area contributed by atoms with Gasteiger partial charge in [-0.1, -0.05) is 47.5 Å². The molecule has 3 aromatic rings. The van der Waals surface area contributed by atoms with Crippen molar-refractivity contribution in [2.45, 2.75) is 26.3 Å². The molecule has 0 radical (unpaired) electrons. The highest BCUT2D eigenvalue weighted by atomic mass is 35.5. The van der Waals surface area contributed by atoms with Gasteiger partial charge in [-0.2, -0.15) is 4.98 Å². The predicted octanol–water partition coefficient (Wildman–Crippen LogP) is 3.74. The van der Waals surface area contributed by atoms with Gasteiger partial charge in [0.2, 0.25) is 11.9 Å². The molecular formula is C20H18ClN5O2. The van der Waals surface area contributed by atoms with Crippen LogP contribution in [0.15, 0.2) is 42.5 Å². The summed E-state index contributed by atoms with van der Waals surface area (Å²) < 4.78 is 1.47. The fourth-order valence-corrected chi connectivity index (χ4v) is 3.23. The second-order valence-corrected chi connectivity index (χ2v) is 7.15. The van der Waals surface area contributed by atoms with Crippen LogP contribution in [0.5, 0.6) is 0 Å². The number of nitrogens with zero attached hydrogens (tertiary/aromatic N) is 3. The highest BCUT2D eigenvalue weighted by Gasteiger charge is 2.35. The Morgan fingerprint density at radius 2 is 1.96 bits per heavy atom. The Hall–Kier alpha value is -3.19. The monoisotopic (exact) mass is 395 g/mol. The van der Waals surface area contributed by atoms with Crippen LogP contribution in [0.25, 0.3) is 11.4 Å². The summed E-state index contributed by atoms with van der Waals surface area (Å²) in [6.07, 6.45) is -0.0541. The first-order valence-electron chi connectivity index (χ1n) is 8.82. The molecule has 1 aromatic heterocycles. The lowest BCUT2D eigenvalue weighted by Crippen LogP contribution is -2.24.